The molecule has 0 spiro atoms. The van der Waals surface area contributed by atoms with Crippen molar-refractivity contribution in [3.63, 3.8) is 0 Å². The molecule has 1 aliphatic rings. The number of piperidine rings is 1. The average molecular weight is 275 g/mol. The fourth-order valence-electron chi connectivity index (χ4n) is 2.34. The summed E-state index contributed by atoms with van der Waals surface area (Å²) >= 11 is 0. The number of nitrogens with zero attached hydrogens (tertiary/aromatic N) is 1. The predicted octanol–water partition coefficient (Wildman–Crippen LogP) is 1.92. The first-order chi connectivity index (χ1) is 9.58. The minimum Gasteiger partial charge on any atom is -0.398 e. The van der Waals surface area contributed by atoms with Crippen LogP contribution in [-0.2, 0) is 9.59 Å². The summed E-state index contributed by atoms with van der Waals surface area (Å²) in [6, 6.07) is 5.44. The molecule has 5 heteroatoms. The maximum atomic E-state index is 11.9. The highest BCUT2D eigenvalue weighted by molar-refractivity contribution is 5.92. The summed E-state index contributed by atoms with van der Waals surface area (Å²) in [5.41, 5.74) is 8.07. The molecule has 1 saturated heterocycles. The molecule has 0 radical (unpaired) electrons. The van der Waals surface area contributed by atoms with Gasteiger partial charge in [-0.3, -0.25) is 9.59 Å². The van der Waals surface area contributed by atoms with E-state index in [1.54, 1.807) is 11.0 Å². The van der Waals surface area contributed by atoms with Crippen LogP contribution in [0.2, 0.25) is 0 Å². The Kier molecular flexibility index (Phi) is 4.61. The van der Waals surface area contributed by atoms with Crippen molar-refractivity contribution in [1.29, 1.82) is 0 Å². The molecule has 2 rings (SSSR count). The van der Waals surface area contributed by atoms with Crippen LogP contribution in [0.25, 0.3) is 0 Å². The number of carbonyl (C=O) groups is 2. The molecular weight excluding hydrogens is 254 g/mol. The van der Waals surface area contributed by atoms with Crippen LogP contribution in [0.15, 0.2) is 18.2 Å². The molecule has 20 heavy (non-hydrogen) atoms. The van der Waals surface area contributed by atoms with E-state index in [1.165, 1.54) is 0 Å². The standard InChI is InChI=1S/C15H21N3O2/c1-11-12(16)5-4-6-13(11)17-14(19)8-10-18-9-3-2-7-15(18)20/h4-6H,2-3,7-10,16H2,1H3,(H,17,19). The summed E-state index contributed by atoms with van der Waals surface area (Å²) in [5.74, 6) is 0.0706. The Morgan fingerprint density at radius 3 is 2.95 bits per heavy atom. The average Bonchev–Trinajstić information content (AvgIpc) is 2.43. The van der Waals surface area contributed by atoms with E-state index >= 15 is 0 Å². The van der Waals surface area contributed by atoms with Gasteiger partial charge in [0.05, 0.1) is 0 Å². The molecule has 5 nitrogen and oxygen atoms in total. The highest BCUT2D eigenvalue weighted by atomic mass is 16.2. The van der Waals surface area contributed by atoms with Crippen LogP contribution in [0.5, 0.6) is 0 Å². The zero-order valence-corrected chi connectivity index (χ0v) is 11.8. The Balaban J connectivity index is 1.86. The van der Waals surface area contributed by atoms with Gasteiger partial charge >= 0.3 is 0 Å². The summed E-state index contributed by atoms with van der Waals surface area (Å²) in [6.07, 6.45) is 2.92. The monoisotopic (exact) mass is 275 g/mol. The van der Waals surface area contributed by atoms with Crippen LogP contribution in [0.4, 0.5) is 11.4 Å². The second-order valence-corrected chi connectivity index (χ2v) is 5.16. The summed E-state index contributed by atoms with van der Waals surface area (Å²) < 4.78 is 0. The third kappa shape index (κ3) is 3.50. The topological polar surface area (TPSA) is 75.4 Å². The van der Waals surface area contributed by atoms with Crippen molar-refractivity contribution in [1.82, 2.24) is 4.90 Å². The largest absolute Gasteiger partial charge is 0.398 e. The van der Waals surface area contributed by atoms with E-state index in [0.29, 0.717) is 25.1 Å². The lowest BCUT2D eigenvalue weighted by molar-refractivity contribution is -0.133. The second kappa shape index (κ2) is 6.41. The molecule has 1 heterocycles. The maximum absolute atomic E-state index is 11.9. The lowest BCUT2D eigenvalue weighted by Crippen LogP contribution is -2.37. The van der Waals surface area contributed by atoms with Crippen LogP contribution in [-0.4, -0.2) is 29.8 Å². The van der Waals surface area contributed by atoms with Crippen molar-refractivity contribution in [2.75, 3.05) is 24.1 Å². The van der Waals surface area contributed by atoms with Gasteiger partial charge < -0.3 is 16.0 Å². The molecule has 1 aromatic carbocycles. The Hall–Kier alpha value is -2.04. The van der Waals surface area contributed by atoms with Crippen LogP contribution < -0.4 is 11.1 Å². The highest BCUT2D eigenvalue weighted by Crippen LogP contribution is 2.20. The molecule has 0 atom stereocenters. The molecule has 0 unspecified atom stereocenters. The molecule has 0 aliphatic carbocycles. The lowest BCUT2D eigenvalue weighted by Gasteiger charge is -2.26. The van der Waals surface area contributed by atoms with Crippen molar-refractivity contribution in [2.45, 2.75) is 32.6 Å². The number of rotatable bonds is 4. The van der Waals surface area contributed by atoms with Gasteiger partial charge in [-0.15, -0.1) is 0 Å². The first-order valence-corrected chi connectivity index (χ1v) is 7.00. The molecule has 0 aromatic heterocycles. The van der Waals surface area contributed by atoms with E-state index in [-0.39, 0.29) is 11.8 Å². The van der Waals surface area contributed by atoms with Gasteiger partial charge in [0, 0.05) is 37.3 Å². The van der Waals surface area contributed by atoms with Crippen LogP contribution >= 0.6 is 0 Å². The van der Waals surface area contributed by atoms with Gasteiger partial charge in [0.1, 0.15) is 0 Å². The molecule has 0 saturated carbocycles. The Labute approximate surface area is 119 Å². The van der Waals surface area contributed by atoms with E-state index in [4.69, 9.17) is 5.73 Å². The maximum Gasteiger partial charge on any atom is 0.226 e. The van der Waals surface area contributed by atoms with E-state index in [1.807, 2.05) is 19.1 Å². The van der Waals surface area contributed by atoms with Crippen LogP contribution in [0.3, 0.4) is 0 Å². The molecule has 1 aliphatic heterocycles. The number of hydrogen-bond donors (Lipinski definition) is 2. The molecule has 0 bridgehead atoms. The highest BCUT2D eigenvalue weighted by Gasteiger charge is 2.18. The summed E-state index contributed by atoms with van der Waals surface area (Å²) in [4.78, 5) is 25.4. The summed E-state index contributed by atoms with van der Waals surface area (Å²) in [7, 11) is 0. The fraction of sp³-hybridized carbons (Fsp3) is 0.467. The van der Waals surface area contributed by atoms with E-state index in [0.717, 1.165) is 30.6 Å². The number of amides is 2. The zero-order chi connectivity index (χ0) is 14.5. The minimum absolute atomic E-state index is 0.0860. The van der Waals surface area contributed by atoms with E-state index in [2.05, 4.69) is 5.32 Å². The van der Waals surface area contributed by atoms with Gasteiger partial charge in [-0.05, 0) is 37.5 Å². The number of carbonyl (C=O) groups excluding carboxylic acids is 2. The molecule has 1 aromatic rings. The molecule has 1 fully saturated rings. The Morgan fingerprint density at radius 1 is 1.40 bits per heavy atom. The predicted molar refractivity (Wildman–Crippen MR) is 79.3 cm³/mol. The van der Waals surface area contributed by atoms with Gasteiger partial charge in [-0.2, -0.15) is 0 Å². The smallest absolute Gasteiger partial charge is 0.226 e. The second-order valence-electron chi connectivity index (χ2n) is 5.16. The minimum atomic E-state index is -0.0860. The number of nitrogens with one attached hydrogen (secondary N) is 1. The summed E-state index contributed by atoms with van der Waals surface area (Å²) in [5, 5.41) is 2.85. The first kappa shape index (κ1) is 14.4. The number of likely N-dealkylation sites (tertiary alicyclic amines) is 1. The molecule has 108 valence electrons. The quantitative estimate of drug-likeness (QED) is 0.824. The number of nitrogens with two attached hydrogens (primary N) is 1. The number of anilines is 2. The molecule has 2 amide bonds. The van der Waals surface area contributed by atoms with Crippen molar-refractivity contribution in [2.24, 2.45) is 0 Å². The SMILES string of the molecule is Cc1c(N)cccc1NC(=O)CCN1CCCCC1=O. The Bertz CT molecular complexity index is 514. The van der Waals surface area contributed by atoms with Crippen molar-refractivity contribution in [3.8, 4) is 0 Å². The van der Waals surface area contributed by atoms with E-state index < -0.39 is 0 Å². The van der Waals surface area contributed by atoms with Crippen LogP contribution in [0.1, 0.15) is 31.2 Å². The van der Waals surface area contributed by atoms with E-state index in [9.17, 15) is 9.59 Å². The zero-order valence-electron chi connectivity index (χ0n) is 11.8. The Morgan fingerprint density at radius 2 is 2.20 bits per heavy atom. The van der Waals surface area contributed by atoms with Crippen LogP contribution in [0, 0.1) is 6.92 Å². The normalized spacial score (nSPS) is 15.2. The van der Waals surface area contributed by atoms with Crippen molar-refractivity contribution < 1.29 is 9.59 Å². The number of nitrogen functional groups attached to an aromatic ring is 1. The first-order valence-electron chi connectivity index (χ1n) is 7.00. The van der Waals surface area contributed by atoms with Gasteiger partial charge in [0.25, 0.3) is 0 Å². The number of benzene rings is 1. The van der Waals surface area contributed by atoms with Gasteiger partial charge in [0.2, 0.25) is 11.8 Å². The summed E-state index contributed by atoms with van der Waals surface area (Å²) in [6.45, 7) is 3.13. The van der Waals surface area contributed by atoms with Crippen molar-refractivity contribution in [3.05, 3.63) is 23.8 Å². The van der Waals surface area contributed by atoms with Crippen molar-refractivity contribution >= 4 is 23.2 Å². The van der Waals surface area contributed by atoms with Gasteiger partial charge in [-0.1, -0.05) is 6.07 Å². The van der Waals surface area contributed by atoms with Gasteiger partial charge in [-0.25, -0.2) is 0 Å². The lowest BCUT2D eigenvalue weighted by atomic mass is 10.1. The molecule has 3 N–H and O–H groups in total. The third-order valence-corrected chi connectivity index (χ3v) is 3.68. The fourth-order valence-corrected chi connectivity index (χ4v) is 2.34. The molecular formula is C15H21N3O2. The van der Waals surface area contributed by atoms with Gasteiger partial charge in [0.15, 0.2) is 0 Å². The third-order valence-electron chi connectivity index (χ3n) is 3.68. The number of hydrogen-bond acceptors (Lipinski definition) is 3.